The summed E-state index contributed by atoms with van der Waals surface area (Å²) in [4.78, 5) is 24.6. The number of carboxylic acid groups (broad SMARTS) is 1. The van der Waals surface area contributed by atoms with E-state index < -0.39 is 12.1 Å². The molecule has 1 aromatic carbocycles. The van der Waals surface area contributed by atoms with Crippen LogP contribution in [0.25, 0.3) is 0 Å². The third kappa shape index (κ3) is 3.85. The van der Waals surface area contributed by atoms with Crippen LogP contribution in [0.1, 0.15) is 12.5 Å². The van der Waals surface area contributed by atoms with Crippen molar-refractivity contribution < 1.29 is 14.7 Å². The van der Waals surface area contributed by atoms with Crippen molar-refractivity contribution in [2.24, 2.45) is 0 Å². The van der Waals surface area contributed by atoms with Crippen molar-refractivity contribution in [3.8, 4) is 0 Å². The lowest BCUT2D eigenvalue weighted by Gasteiger charge is -2.25. The number of carbonyl (C=O) groups excluding carboxylic acids is 1. The average molecular weight is 287 g/mol. The van der Waals surface area contributed by atoms with Crippen LogP contribution in [0, 0.1) is 0 Å². The molecule has 2 rings (SSSR count). The Bertz CT molecular complexity index is 596. The summed E-state index contributed by atoms with van der Waals surface area (Å²) in [6.07, 6.45) is 2.22. The van der Waals surface area contributed by atoms with Gasteiger partial charge in [-0.3, -0.25) is 19.8 Å². The Kier molecular flexibility index (Phi) is 4.61. The Morgan fingerprint density at radius 2 is 1.81 bits per heavy atom. The molecule has 2 amide bonds. The Hall–Kier alpha value is -2.76. The average Bonchev–Trinajstić information content (AvgIpc) is 2.97. The second kappa shape index (κ2) is 6.60. The number of amides is 2. The van der Waals surface area contributed by atoms with Crippen LogP contribution in [0.15, 0.2) is 54.9 Å². The first-order valence-electron chi connectivity index (χ1n) is 6.55. The molecule has 0 saturated heterocycles. The quantitative estimate of drug-likeness (QED) is 0.884. The maximum absolute atomic E-state index is 12.1. The molecule has 1 aromatic heterocycles. The Labute approximate surface area is 122 Å². The van der Waals surface area contributed by atoms with Crippen LogP contribution in [0.4, 0.5) is 4.79 Å². The molecule has 110 valence electrons. The number of nitrogens with one attached hydrogen (secondary N) is 1. The highest BCUT2D eigenvalue weighted by Gasteiger charge is 2.25. The molecule has 2 N–H and O–H groups in total. The Balaban J connectivity index is 2.06. The monoisotopic (exact) mass is 287 g/mol. The van der Waals surface area contributed by atoms with Crippen LogP contribution < -0.4 is 5.43 Å². The minimum atomic E-state index is -1.13. The SMILES string of the molecule is C[C@H](C(=O)Nn1cccc1)N(Cc1ccccc1)C(=O)O. The first-order valence-corrected chi connectivity index (χ1v) is 6.55. The van der Waals surface area contributed by atoms with Gasteiger partial charge in [-0.15, -0.1) is 0 Å². The first kappa shape index (κ1) is 14.6. The third-order valence-corrected chi connectivity index (χ3v) is 3.13. The van der Waals surface area contributed by atoms with Crippen LogP contribution in [-0.2, 0) is 11.3 Å². The van der Waals surface area contributed by atoms with Gasteiger partial charge in [0, 0.05) is 18.9 Å². The number of benzene rings is 1. The number of aromatic nitrogens is 1. The number of carbonyl (C=O) groups is 2. The van der Waals surface area contributed by atoms with Gasteiger partial charge in [0.1, 0.15) is 6.04 Å². The van der Waals surface area contributed by atoms with E-state index in [2.05, 4.69) is 5.43 Å². The molecule has 0 radical (unpaired) electrons. The molecule has 0 aliphatic carbocycles. The van der Waals surface area contributed by atoms with Crippen LogP contribution >= 0.6 is 0 Å². The highest BCUT2D eigenvalue weighted by Crippen LogP contribution is 2.09. The predicted octanol–water partition coefficient (Wildman–Crippen LogP) is 2.13. The second-order valence-corrected chi connectivity index (χ2v) is 4.64. The van der Waals surface area contributed by atoms with Gasteiger partial charge in [-0.25, -0.2) is 4.79 Å². The molecule has 21 heavy (non-hydrogen) atoms. The molecule has 2 aromatic rings. The maximum Gasteiger partial charge on any atom is 0.408 e. The molecule has 0 fully saturated rings. The first-order chi connectivity index (χ1) is 10.1. The molecule has 6 nitrogen and oxygen atoms in total. The predicted molar refractivity (Wildman–Crippen MR) is 78.3 cm³/mol. The Morgan fingerprint density at radius 1 is 1.19 bits per heavy atom. The van der Waals surface area contributed by atoms with Crippen molar-refractivity contribution in [2.45, 2.75) is 19.5 Å². The summed E-state index contributed by atoms with van der Waals surface area (Å²) in [6, 6.07) is 11.9. The smallest absolute Gasteiger partial charge is 0.408 e. The van der Waals surface area contributed by atoms with Crippen molar-refractivity contribution in [3.63, 3.8) is 0 Å². The summed E-state index contributed by atoms with van der Waals surface area (Å²) >= 11 is 0. The van der Waals surface area contributed by atoms with E-state index in [0.717, 1.165) is 10.5 Å². The minimum absolute atomic E-state index is 0.163. The third-order valence-electron chi connectivity index (χ3n) is 3.13. The molecule has 0 spiro atoms. The zero-order valence-electron chi connectivity index (χ0n) is 11.6. The molecule has 1 heterocycles. The van der Waals surface area contributed by atoms with E-state index >= 15 is 0 Å². The lowest BCUT2D eigenvalue weighted by Crippen LogP contribution is -2.46. The van der Waals surface area contributed by atoms with E-state index in [-0.39, 0.29) is 12.5 Å². The normalized spacial score (nSPS) is 11.7. The summed E-state index contributed by atoms with van der Waals surface area (Å²) in [6.45, 7) is 1.73. The zero-order valence-corrected chi connectivity index (χ0v) is 11.6. The van der Waals surface area contributed by atoms with E-state index in [1.807, 2.05) is 30.3 Å². The summed E-state index contributed by atoms with van der Waals surface area (Å²) < 4.78 is 1.49. The fourth-order valence-corrected chi connectivity index (χ4v) is 1.92. The molecule has 6 heteroatoms. The van der Waals surface area contributed by atoms with Crippen LogP contribution in [0.3, 0.4) is 0 Å². The molecule has 0 saturated carbocycles. The lowest BCUT2D eigenvalue weighted by molar-refractivity contribution is -0.121. The van der Waals surface area contributed by atoms with Gasteiger partial charge in [-0.05, 0) is 24.6 Å². The molecule has 0 aliphatic rings. The van der Waals surface area contributed by atoms with Crippen molar-refractivity contribution in [2.75, 3.05) is 5.43 Å². The fraction of sp³-hybridized carbons (Fsp3) is 0.200. The van der Waals surface area contributed by atoms with Gasteiger partial charge >= 0.3 is 6.09 Å². The minimum Gasteiger partial charge on any atom is -0.465 e. The molecular formula is C15H17N3O3. The van der Waals surface area contributed by atoms with Gasteiger partial charge in [0.15, 0.2) is 0 Å². The number of nitrogens with zero attached hydrogens (tertiary/aromatic N) is 2. The lowest BCUT2D eigenvalue weighted by atomic mass is 10.2. The van der Waals surface area contributed by atoms with E-state index in [4.69, 9.17) is 0 Å². The van der Waals surface area contributed by atoms with Crippen LogP contribution in [-0.4, -0.2) is 32.7 Å². The Morgan fingerprint density at radius 3 is 2.38 bits per heavy atom. The number of rotatable bonds is 5. The highest BCUT2D eigenvalue weighted by molar-refractivity contribution is 5.90. The standard InChI is InChI=1S/C15H17N3O3/c1-12(14(19)16-17-9-5-6-10-17)18(15(20)21)11-13-7-3-2-4-8-13/h2-10,12H,11H2,1H3,(H,16,19)(H,20,21)/t12-/m1/s1. The van der Waals surface area contributed by atoms with Gasteiger partial charge in [0.05, 0.1) is 0 Å². The molecule has 0 bridgehead atoms. The van der Waals surface area contributed by atoms with Crippen molar-refractivity contribution in [1.29, 1.82) is 0 Å². The van der Waals surface area contributed by atoms with E-state index in [0.29, 0.717) is 0 Å². The van der Waals surface area contributed by atoms with E-state index in [1.165, 1.54) is 4.68 Å². The van der Waals surface area contributed by atoms with Gasteiger partial charge in [-0.2, -0.15) is 0 Å². The second-order valence-electron chi connectivity index (χ2n) is 4.64. The fourth-order valence-electron chi connectivity index (χ4n) is 1.92. The highest BCUT2D eigenvalue weighted by atomic mass is 16.4. The maximum atomic E-state index is 12.1. The zero-order chi connectivity index (χ0) is 15.2. The summed E-state index contributed by atoms with van der Waals surface area (Å²) in [7, 11) is 0. The van der Waals surface area contributed by atoms with Gasteiger partial charge in [0.25, 0.3) is 5.91 Å². The topological polar surface area (TPSA) is 74.6 Å². The van der Waals surface area contributed by atoms with Crippen LogP contribution in [0.2, 0.25) is 0 Å². The summed E-state index contributed by atoms with van der Waals surface area (Å²) in [5.41, 5.74) is 3.45. The summed E-state index contributed by atoms with van der Waals surface area (Å²) in [5, 5.41) is 9.32. The molecule has 0 unspecified atom stereocenters. The van der Waals surface area contributed by atoms with Crippen molar-refractivity contribution >= 4 is 12.0 Å². The summed E-state index contributed by atoms with van der Waals surface area (Å²) in [5.74, 6) is -0.385. The van der Waals surface area contributed by atoms with Gasteiger partial charge in [0.2, 0.25) is 0 Å². The van der Waals surface area contributed by atoms with Gasteiger partial charge in [-0.1, -0.05) is 30.3 Å². The van der Waals surface area contributed by atoms with E-state index in [1.54, 1.807) is 31.5 Å². The molecule has 0 aliphatic heterocycles. The largest absolute Gasteiger partial charge is 0.465 e. The number of hydrogen-bond acceptors (Lipinski definition) is 2. The van der Waals surface area contributed by atoms with Gasteiger partial charge < -0.3 is 5.11 Å². The van der Waals surface area contributed by atoms with Crippen molar-refractivity contribution in [1.82, 2.24) is 9.58 Å². The number of hydrogen-bond donors (Lipinski definition) is 2. The van der Waals surface area contributed by atoms with Crippen molar-refractivity contribution in [3.05, 3.63) is 60.4 Å². The molecular weight excluding hydrogens is 270 g/mol. The molecule has 1 atom stereocenters. The van der Waals surface area contributed by atoms with E-state index in [9.17, 15) is 14.7 Å². The van der Waals surface area contributed by atoms with Crippen LogP contribution in [0.5, 0.6) is 0 Å².